The molecule has 26 heavy (non-hydrogen) atoms. The summed E-state index contributed by atoms with van der Waals surface area (Å²) in [6.07, 6.45) is 2.93. The van der Waals surface area contributed by atoms with Crippen LogP contribution < -0.4 is 16.6 Å². The first-order chi connectivity index (χ1) is 12.5. The third-order valence-electron chi connectivity index (χ3n) is 4.23. The molecule has 1 aliphatic carbocycles. The number of hydrogen-bond donors (Lipinski definition) is 4. The molecule has 0 aliphatic heterocycles. The Labute approximate surface area is 153 Å². The fourth-order valence-corrected chi connectivity index (χ4v) is 4.22. The Morgan fingerprint density at radius 3 is 2.92 bits per heavy atom. The summed E-state index contributed by atoms with van der Waals surface area (Å²) in [7, 11) is 1.90. The Hall–Kier alpha value is -2.71. The van der Waals surface area contributed by atoms with Crippen LogP contribution in [0.25, 0.3) is 10.2 Å². The second-order valence-electron chi connectivity index (χ2n) is 5.91. The van der Waals surface area contributed by atoms with Gasteiger partial charge in [-0.3, -0.25) is 4.79 Å². The summed E-state index contributed by atoms with van der Waals surface area (Å²) in [6, 6.07) is 8.06. The molecule has 0 amide bonds. The van der Waals surface area contributed by atoms with Crippen LogP contribution in [0.1, 0.15) is 33.0 Å². The molecule has 0 radical (unpaired) electrons. The highest BCUT2D eigenvalue weighted by molar-refractivity contribution is 7.18. The summed E-state index contributed by atoms with van der Waals surface area (Å²) in [5.74, 6) is -1.48. The average Bonchev–Trinajstić information content (AvgIpc) is 3.22. The highest BCUT2D eigenvalue weighted by Crippen LogP contribution is 2.34. The van der Waals surface area contributed by atoms with Crippen LogP contribution in [0.4, 0.5) is 5.69 Å². The van der Waals surface area contributed by atoms with Crippen molar-refractivity contribution < 1.29 is 9.90 Å². The number of carboxylic acids is 1. The molecule has 3 aromatic rings. The maximum absolute atomic E-state index is 11.8. The second kappa shape index (κ2) is 7.67. The lowest BCUT2D eigenvalue weighted by molar-refractivity contribution is 0.0683. The van der Waals surface area contributed by atoms with E-state index >= 15 is 0 Å². The van der Waals surface area contributed by atoms with E-state index in [4.69, 9.17) is 10.8 Å². The summed E-state index contributed by atoms with van der Waals surface area (Å²) < 4.78 is 0. The van der Waals surface area contributed by atoms with Crippen LogP contribution in [-0.2, 0) is 19.4 Å². The molecule has 136 valence electrons. The Bertz CT molecular complexity index is 990. The van der Waals surface area contributed by atoms with Crippen LogP contribution in [0.5, 0.6) is 0 Å². The van der Waals surface area contributed by atoms with Crippen molar-refractivity contribution in [3.63, 3.8) is 0 Å². The van der Waals surface area contributed by atoms with Gasteiger partial charge in [-0.2, -0.15) is 0 Å². The fourth-order valence-electron chi connectivity index (χ4n) is 2.96. The van der Waals surface area contributed by atoms with Gasteiger partial charge in [0.25, 0.3) is 5.56 Å². The molecule has 8 heteroatoms. The van der Waals surface area contributed by atoms with Gasteiger partial charge in [0, 0.05) is 24.2 Å². The molecule has 0 atom stereocenters. The fraction of sp³-hybridized carbons (Fsp3) is 0.278. The molecule has 1 aliphatic rings. The minimum Gasteiger partial charge on any atom is -0.475 e. The van der Waals surface area contributed by atoms with Crippen molar-refractivity contribution in [1.82, 2.24) is 9.97 Å². The largest absolute Gasteiger partial charge is 0.475 e. The van der Waals surface area contributed by atoms with Gasteiger partial charge in [-0.25, -0.2) is 9.78 Å². The minimum absolute atomic E-state index is 0.280. The van der Waals surface area contributed by atoms with Gasteiger partial charge in [0.1, 0.15) is 4.83 Å². The number of thiophene rings is 1. The summed E-state index contributed by atoms with van der Waals surface area (Å²) in [5.41, 5.74) is 8.45. The van der Waals surface area contributed by atoms with Crippen molar-refractivity contribution in [2.45, 2.75) is 25.8 Å². The molecular weight excluding hydrogens is 352 g/mol. The van der Waals surface area contributed by atoms with Crippen LogP contribution in [0.3, 0.4) is 0 Å². The highest BCUT2D eigenvalue weighted by Gasteiger charge is 2.22. The Morgan fingerprint density at radius 1 is 1.42 bits per heavy atom. The molecule has 4 rings (SSSR count). The van der Waals surface area contributed by atoms with E-state index in [0.29, 0.717) is 16.8 Å². The molecule has 1 aromatic carbocycles. The standard InChI is InChI=1S/C10H8N2O3S.C8H12N2/c13-8-6-4-2-1-3-5(4)16-9(6)12-7(11-8)10(14)15;1-10-8-4-2-3-7(5-8)6-9/h1-3H2,(H,14,15)(H,11,12,13);2-5,10H,6,9H2,1H3. The van der Waals surface area contributed by atoms with Crippen molar-refractivity contribution in [3.05, 3.63) is 56.4 Å². The molecule has 5 N–H and O–H groups in total. The Kier molecular flexibility index (Phi) is 5.34. The Balaban J connectivity index is 0.000000170. The summed E-state index contributed by atoms with van der Waals surface area (Å²) in [4.78, 5) is 30.5. The van der Waals surface area contributed by atoms with Crippen LogP contribution >= 0.6 is 11.3 Å². The quantitative estimate of drug-likeness (QED) is 0.560. The van der Waals surface area contributed by atoms with Crippen molar-refractivity contribution in [3.8, 4) is 0 Å². The predicted molar refractivity (Wildman–Crippen MR) is 103 cm³/mol. The number of aromatic amines is 1. The van der Waals surface area contributed by atoms with Crippen LogP contribution in [0.2, 0.25) is 0 Å². The van der Waals surface area contributed by atoms with E-state index in [1.54, 1.807) is 0 Å². The van der Waals surface area contributed by atoms with E-state index in [0.717, 1.165) is 36.1 Å². The van der Waals surface area contributed by atoms with Crippen LogP contribution in [-0.4, -0.2) is 28.1 Å². The molecule has 0 spiro atoms. The van der Waals surface area contributed by atoms with Crippen molar-refractivity contribution in [1.29, 1.82) is 0 Å². The van der Waals surface area contributed by atoms with Gasteiger partial charge in [0.05, 0.1) is 5.39 Å². The predicted octanol–water partition coefficient (Wildman–Crippen LogP) is 2.36. The van der Waals surface area contributed by atoms with E-state index in [1.807, 2.05) is 31.3 Å². The monoisotopic (exact) mass is 372 g/mol. The summed E-state index contributed by atoms with van der Waals surface area (Å²) in [6.45, 7) is 0.607. The van der Waals surface area contributed by atoms with Gasteiger partial charge in [-0.15, -0.1) is 11.3 Å². The number of H-pyrrole nitrogens is 1. The molecule has 0 saturated carbocycles. The number of rotatable bonds is 3. The Morgan fingerprint density at radius 2 is 2.23 bits per heavy atom. The number of nitrogens with zero attached hydrogens (tertiary/aromatic N) is 1. The van der Waals surface area contributed by atoms with E-state index in [1.165, 1.54) is 16.2 Å². The molecule has 7 nitrogen and oxygen atoms in total. The van der Waals surface area contributed by atoms with Gasteiger partial charge < -0.3 is 21.1 Å². The zero-order valence-electron chi connectivity index (χ0n) is 14.3. The van der Waals surface area contributed by atoms with E-state index < -0.39 is 5.97 Å². The number of carbonyl (C=O) groups is 1. The van der Waals surface area contributed by atoms with E-state index in [9.17, 15) is 9.59 Å². The van der Waals surface area contributed by atoms with Crippen molar-refractivity contribution in [2.24, 2.45) is 5.73 Å². The van der Waals surface area contributed by atoms with Crippen LogP contribution in [0, 0.1) is 0 Å². The number of aromatic nitrogens is 2. The topological polar surface area (TPSA) is 121 Å². The molecular formula is C18H20N4O3S. The van der Waals surface area contributed by atoms with Gasteiger partial charge >= 0.3 is 5.97 Å². The van der Waals surface area contributed by atoms with E-state index in [2.05, 4.69) is 15.3 Å². The van der Waals surface area contributed by atoms with Gasteiger partial charge in [0.2, 0.25) is 5.82 Å². The number of hydrogen-bond acceptors (Lipinski definition) is 6. The van der Waals surface area contributed by atoms with Crippen molar-refractivity contribution in [2.75, 3.05) is 12.4 Å². The first kappa shape index (κ1) is 18.1. The molecule has 0 bridgehead atoms. The van der Waals surface area contributed by atoms with E-state index in [-0.39, 0.29) is 11.4 Å². The lowest BCUT2D eigenvalue weighted by atomic mass is 10.2. The molecule has 2 aromatic heterocycles. The zero-order chi connectivity index (χ0) is 18.7. The zero-order valence-corrected chi connectivity index (χ0v) is 15.2. The van der Waals surface area contributed by atoms with Crippen LogP contribution in [0.15, 0.2) is 29.1 Å². The first-order valence-electron chi connectivity index (χ1n) is 8.28. The van der Waals surface area contributed by atoms with Gasteiger partial charge in [-0.1, -0.05) is 12.1 Å². The smallest absolute Gasteiger partial charge is 0.372 e. The number of anilines is 1. The summed E-state index contributed by atoms with van der Waals surface area (Å²) >= 11 is 1.44. The average molecular weight is 372 g/mol. The number of nitrogens with one attached hydrogen (secondary N) is 2. The van der Waals surface area contributed by atoms with Gasteiger partial charge in [-0.05, 0) is 42.5 Å². The second-order valence-corrected chi connectivity index (χ2v) is 7.00. The maximum Gasteiger partial charge on any atom is 0.372 e. The molecule has 2 heterocycles. The lowest BCUT2D eigenvalue weighted by Gasteiger charge is -2.00. The number of carboxylic acid groups (broad SMARTS) is 1. The van der Waals surface area contributed by atoms with Gasteiger partial charge in [0.15, 0.2) is 0 Å². The maximum atomic E-state index is 11.8. The van der Waals surface area contributed by atoms with Crippen molar-refractivity contribution >= 4 is 33.2 Å². The summed E-state index contributed by atoms with van der Waals surface area (Å²) in [5, 5.41) is 12.4. The molecule has 0 fully saturated rings. The number of aryl methyl sites for hydroxylation is 2. The third-order valence-corrected chi connectivity index (χ3v) is 5.41. The molecule has 0 unspecified atom stereocenters. The third kappa shape index (κ3) is 3.61. The highest BCUT2D eigenvalue weighted by atomic mass is 32.1. The minimum atomic E-state index is -1.20. The number of benzene rings is 1. The molecule has 0 saturated heterocycles. The first-order valence-corrected chi connectivity index (χ1v) is 9.09. The number of fused-ring (bicyclic) bond motifs is 3. The number of nitrogens with two attached hydrogens (primary N) is 1. The normalized spacial score (nSPS) is 12.4. The SMILES string of the molecule is CNc1cccc(CN)c1.O=C(O)c1nc2sc3c(c2c(=O)[nH]1)CCC3. The lowest BCUT2D eigenvalue weighted by Crippen LogP contribution is -2.15. The number of aromatic carboxylic acids is 1.